The number of fused-ring (bicyclic) bond motifs is 1. The van der Waals surface area contributed by atoms with Crippen molar-refractivity contribution in [3.05, 3.63) is 29.5 Å². The van der Waals surface area contributed by atoms with E-state index in [0.29, 0.717) is 36.6 Å². The molecule has 5 rings (SSSR count). The standard InChI is InChI=1S/C24H31F2N5O2/c1-30-20-12-16(2-3-17(20)22(29-30)18-4-5-21(32)28-23(18)33)19-8-11-31(14-24(19,25)26)13-15-6-9-27-10-7-15/h2-3,12,15,18-19,27H,4-11,13-14H2,1H3,(H,28,32,33). The van der Waals surface area contributed by atoms with Crippen LogP contribution in [-0.2, 0) is 16.6 Å². The molecule has 0 saturated carbocycles. The van der Waals surface area contributed by atoms with Crippen LogP contribution in [0.25, 0.3) is 10.9 Å². The number of halogens is 2. The lowest BCUT2D eigenvalue weighted by Gasteiger charge is -2.40. The smallest absolute Gasteiger partial charge is 0.267 e. The predicted octanol–water partition coefficient (Wildman–Crippen LogP) is 2.52. The van der Waals surface area contributed by atoms with E-state index in [0.717, 1.165) is 43.4 Å². The molecule has 7 nitrogen and oxygen atoms in total. The average molecular weight is 460 g/mol. The first-order valence-electron chi connectivity index (χ1n) is 11.9. The summed E-state index contributed by atoms with van der Waals surface area (Å²) in [4.78, 5) is 25.8. The zero-order valence-electron chi connectivity index (χ0n) is 18.9. The average Bonchev–Trinajstić information content (AvgIpc) is 3.09. The third kappa shape index (κ3) is 4.40. The van der Waals surface area contributed by atoms with Gasteiger partial charge in [0.25, 0.3) is 5.92 Å². The van der Waals surface area contributed by atoms with Crippen LogP contribution in [0.3, 0.4) is 0 Å². The molecule has 0 radical (unpaired) electrons. The largest absolute Gasteiger partial charge is 0.317 e. The Balaban J connectivity index is 1.35. The van der Waals surface area contributed by atoms with Gasteiger partial charge in [-0.2, -0.15) is 5.10 Å². The number of piperidine rings is 3. The number of amides is 2. The summed E-state index contributed by atoms with van der Waals surface area (Å²) in [6, 6.07) is 5.38. The Kier molecular flexibility index (Phi) is 5.95. The molecular formula is C24H31F2N5O2. The predicted molar refractivity (Wildman–Crippen MR) is 120 cm³/mol. The Morgan fingerprint density at radius 3 is 2.67 bits per heavy atom. The Bertz CT molecular complexity index is 1060. The zero-order valence-corrected chi connectivity index (χ0v) is 18.9. The lowest BCUT2D eigenvalue weighted by atomic mass is 9.84. The summed E-state index contributed by atoms with van der Waals surface area (Å²) < 4.78 is 32.2. The van der Waals surface area contributed by atoms with E-state index in [1.807, 2.05) is 11.0 Å². The maximum atomic E-state index is 15.3. The molecule has 2 atom stereocenters. The van der Waals surface area contributed by atoms with Crippen molar-refractivity contribution in [2.24, 2.45) is 13.0 Å². The SMILES string of the molecule is Cn1nc(C2CCC(=O)NC2=O)c2ccc(C3CCN(CC4CCNCC4)CC3(F)F)cc21. The molecule has 2 N–H and O–H groups in total. The summed E-state index contributed by atoms with van der Waals surface area (Å²) in [6.45, 7) is 3.17. The van der Waals surface area contributed by atoms with Crippen molar-refractivity contribution in [2.45, 2.75) is 49.9 Å². The van der Waals surface area contributed by atoms with E-state index in [1.54, 1.807) is 23.9 Å². The molecule has 3 saturated heterocycles. The highest BCUT2D eigenvalue weighted by Crippen LogP contribution is 2.42. The number of hydrogen-bond donors (Lipinski definition) is 2. The molecule has 178 valence electrons. The van der Waals surface area contributed by atoms with Gasteiger partial charge in [0.2, 0.25) is 11.8 Å². The van der Waals surface area contributed by atoms with E-state index in [4.69, 9.17) is 0 Å². The quantitative estimate of drug-likeness (QED) is 0.687. The van der Waals surface area contributed by atoms with Gasteiger partial charge in [-0.15, -0.1) is 0 Å². The maximum absolute atomic E-state index is 15.3. The van der Waals surface area contributed by atoms with Gasteiger partial charge in [-0.25, -0.2) is 8.78 Å². The third-order valence-corrected chi connectivity index (χ3v) is 7.53. The van der Waals surface area contributed by atoms with E-state index >= 15 is 8.78 Å². The van der Waals surface area contributed by atoms with E-state index < -0.39 is 17.8 Å². The molecule has 3 aliphatic rings. The molecule has 2 amide bonds. The molecule has 3 aliphatic heterocycles. The molecule has 0 aliphatic carbocycles. The van der Waals surface area contributed by atoms with Gasteiger partial charge in [0, 0.05) is 25.4 Å². The fourth-order valence-electron chi connectivity index (χ4n) is 5.74. The summed E-state index contributed by atoms with van der Waals surface area (Å²) in [5, 5.41) is 11.0. The first kappa shape index (κ1) is 22.4. The monoisotopic (exact) mass is 459 g/mol. The van der Waals surface area contributed by atoms with Gasteiger partial charge in [-0.3, -0.25) is 24.5 Å². The van der Waals surface area contributed by atoms with E-state index in [2.05, 4.69) is 15.7 Å². The van der Waals surface area contributed by atoms with Gasteiger partial charge in [0.15, 0.2) is 0 Å². The lowest BCUT2D eigenvalue weighted by molar-refractivity contribution is -0.134. The van der Waals surface area contributed by atoms with Crippen LogP contribution in [0.15, 0.2) is 18.2 Å². The third-order valence-electron chi connectivity index (χ3n) is 7.53. The van der Waals surface area contributed by atoms with Gasteiger partial charge >= 0.3 is 0 Å². The second kappa shape index (κ2) is 8.76. The number of hydrogen-bond acceptors (Lipinski definition) is 5. The van der Waals surface area contributed by atoms with Crippen molar-refractivity contribution in [3.8, 4) is 0 Å². The van der Waals surface area contributed by atoms with Gasteiger partial charge in [-0.1, -0.05) is 12.1 Å². The van der Waals surface area contributed by atoms with Crippen molar-refractivity contribution in [1.29, 1.82) is 0 Å². The fraction of sp³-hybridized carbons (Fsp3) is 0.625. The van der Waals surface area contributed by atoms with Crippen LogP contribution < -0.4 is 10.6 Å². The Labute approximate surface area is 191 Å². The van der Waals surface area contributed by atoms with Gasteiger partial charge in [0.05, 0.1) is 29.6 Å². The van der Waals surface area contributed by atoms with Crippen LogP contribution in [-0.4, -0.2) is 65.1 Å². The number of aryl methyl sites for hydroxylation is 1. The second-order valence-electron chi connectivity index (χ2n) is 9.82. The Morgan fingerprint density at radius 2 is 1.94 bits per heavy atom. The second-order valence-corrected chi connectivity index (χ2v) is 9.82. The van der Waals surface area contributed by atoms with Crippen LogP contribution >= 0.6 is 0 Å². The van der Waals surface area contributed by atoms with Crippen LogP contribution in [0, 0.1) is 5.92 Å². The molecule has 2 aromatic rings. The van der Waals surface area contributed by atoms with Crippen LogP contribution in [0.4, 0.5) is 8.78 Å². The number of nitrogens with one attached hydrogen (secondary N) is 2. The Hall–Kier alpha value is -2.39. The van der Waals surface area contributed by atoms with Crippen LogP contribution in [0.2, 0.25) is 0 Å². The molecule has 0 spiro atoms. The van der Waals surface area contributed by atoms with Gasteiger partial charge in [0.1, 0.15) is 0 Å². The molecule has 9 heteroatoms. The number of benzene rings is 1. The molecule has 2 unspecified atom stereocenters. The molecule has 0 bridgehead atoms. The van der Waals surface area contributed by atoms with Crippen molar-refractivity contribution >= 4 is 22.7 Å². The number of carbonyl (C=O) groups excluding carboxylic acids is 2. The van der Waals surface area contributed by atoms with Gasteiger partial charge in [-0.05, 0) is 62.9 Å². The number of imide groups is 1. The zero-order chi connectivity index (χ0) is 23.2. The van der Waals surface area contributed by atoms with Crippen molar-refractivity contribution < 1.29 is 18.4 Å². The molecular weight excluding hydrogens is 428 g/mol. The number of carbonyl (C=O) groups is 2. The molecule has 4 heterocycles. The van der Waals surface area contributed by atoms with Crippen molar-refractivity contribution in [2.75, 3.05) is 32.7 Å². The highest BCUT2D eigenvalue weighted by molar-refractivity contribution is 6.02. The van der Waals surface area contributed by atoms with Crippen molar-refractivity contribution in [1.82, 2.24) is 25.3 Å². The van der Waals surface area contributed by atoms with E-state index in [1.165, 1.54) is 0 Å². The summed E-state index contributed by atoms with van der Waals surface area (Å²) in [6.07, 6.45) is 3.21. The van der Waals surface area contributed by atoms with E-state index in [-0.39, 0.29) is 24.8 Å². The molecule has 1 aromatic carbocycles. The number of aromatic nitrogens is 2. The van der Waals surface area contributed by atoms with E-state index in [9.17, 15) is 9.59 Å². The molecule has 3 fully saturated rings. The minimum Gasteiger partial charge on any atom is -0.317 e. The lowest BCUT2D eigenvalue weighted by Crippen LogP contribution is -2.49. The maximum Gasteiger partial charge on any atom is 0.267 e. The summed E-state index contributed by atoms with van der Waals surface area (Å²) in [5.74, 6) is -4.26. The summed E-state index contributed by atoms with van der Waals surface area (Å²) in [5.41, 5.74) is 1.96. The number of alkyl halides is 2. The number of likely N-dealkylation sites (tertiary alicyclic amines) is 1. The minimum atomic E-state index is -2.80. The van der Waals surface area contributed by atoms with Crippen LogP contribution in [0.1, 0.15) is 55.2 Å². The molecule has 33 heavy (non-hydrogen) atoms. The first-order chi connectivity index (χ1) is 15.8. The normalized spacial score (nSPS) is 27.1. The number of nitrogens with zero attached hydrogens (tertiary/aromatic N) is 3. The first-order valence-corrected chi connectivity index (χ1v) is 11.9. The minimum absolute atomic E-state index is 0.202. The van der Waals surface area contributed by atoms with Gasteiger partial charge < -0.3 is 5.32 Å². The highest BCUT2D eigenvalue weighted by atomic mass is 19.3. The van der Waals surface area contributed by atoms with Crippen molar-refractivity contribution in [3.63, 3.8) is 0 Å². The Morgan fingerprint density at radius 1 is 1.15 bits per heavy atom. The highest BCUT2D eigenvalue weighted by Gasteiger charge is 2.45. The summed E-state index contributed by atoms with van der Waals surface area (Å²) >= 11 is 0. The topological polar surface area (TPSA) is 79.3 Å². The number of rotatable bonds is 4. The fourth-order valence-corrected chi connectivity index (χ4v) is 5.74. The summed E-state index contributed by atoms with van der Waals surface area (Å²) in [7, 11) is 1.77. The molecule has 1 aromatic heterocycles. The van der Waals surface area contributed by atoms with Crippen LogP contribution in [0.5, 0.6) is 0 Å².